The molecule has 2 aromatic carbocycles. The number of ether oxygens (including phenoxy) is 1. The normalized spacial score (nSPS) is 11.8. The maximum Gasteiger partial charge on any atom is 0.326 e. The minimum Gasteiger partial charge on any atom is -0.480 e. The Kier molecular flexibility index (Phi) is 8.81. The van der Waals surface area contributed by atoms with Crippen LogP contribution in [-0.4, -0.2) is 46.9 Å². The lowest BCUT2D eigenvalue weighted by atomic mass is 10.0. The second-order valence-corrected chi connectivity index (χ2v) is 8.22. The molecule has 0 saturated heterocycles. The Morgan fingerprint density at radius 2 is 1.61 bits per heavy atom. The molecule has 1 atom stereocenters. The molecule has 0 saturated carbocycles. The van der Waals surface area contributed by atoms with E-state index in [1.807, 2.05) is 0 Å². The summed E-state index contributed by atoms with van der Waals surface area (Å²) in [7, 11) is 0. The summed E-state index contributed by atoms with van der Waals surface area (Å²) < 4.78 is 5.77. The number of hydrogen-bond acceptors (Lipinski definition) is 5. The maximum absolute atomic E-state index is 12.7. The Bertz CT molecular complexity index is 1020. The number of carboxylic acids is 1. The summed E-state index contributed by atoms with van der Waals surface area (Å²) in [5.74, 6) is -1.68. The van der Waals surface area contributed by atoms with Gasteiger partial charge in [-0.2, -0.15) is 0 Å². The number of nitrogens with two attached hydrogens (primary N) is 2. The summed E-state index contributed by atoms with van der Waals surface area (Å²) in [4.78, 5) is 40.5. The predicted molar refractivity (Wildman–Crippen MR) is 126 cm³/mol. The molecular weight excluding hydrogens is 448 g/mol. The molecule has 0 bridgehead atoms. The highest BCUT2D eigenvalue weighted by atomic mass is 35.5. The number of carboxylic acid groups (broad SMARTS) is 1. The van der Waals surface area contributed by atoms with Gasteiger partial charge in [-0.05, 0) is 75.2 Å². The number of guanidine groups is 1. The summed E-state index contributed by atoms with van der Waals surface area (Å²) in [6, 6.07) is 11.8. The minimum atomic E-state index is -1.37. The summed E-state index contributed by atoms with van der Waals surface area (Å²) in [6.07, 6.45) is 0.523. The number of benzene rings is 2. The van der Waals surface area contributed by atoms with Gasteiger partial charge in [0.2, 0.25) is 0 Å². The van der Waals surface area contributed by atoms with Gasteiger partial charge in [-0.15, -0.1) is 0 Å². The fourth-order valence-electron chi connectivity index (χ4n) is 2.88. The number of rotatable bonds is 11. The van der Waals surface area contributed by atoms with Crippen molar-refractivity contribution in [2.75, 3.05) is 6.54 Å². The number of aliphatic imine (C=N–C) groups is 1. The molecule has 6 N–H and O–H groups in total. The smallest absolute Gasteiger partial charge is 0.326 e. The molecule has 10 heteroatoms. The lowest BCUT2D eigenvalue weighted by Gasteiger charge is -2.27. The van der Waals surface area contributed by atoms with Crippen LogP contribution in [0.3, 0.4) is 0 Å². The lowest BCUT2D eigenvalue weighted by molar-refractivity contribution is -0.145. The first-order valence-electron chi connectivity index (χ1n) is 10.2. The van der Waals surface area contributed by atoms with Crippen LogP contribution in [0.2, 0.25) is 5.02 Å². The second kappa shape index (κ2) is 11.3. The van der Waals surface area contributed by atoms with Crippen LogP contribution in [0.25, 0.3) is 0 Å². The summed E-state index contributed by atoms with van der Waals surface area (Å²) in [6.45, 7) is 3.30. The van der Waals surface area contributed by atoms with Crippen LogP contribution in [0, 0.1) is 0 Å². The second-order valence-electron chi connectivity index (χ2n) is 7.79. The topological polar surface area (TPSA) is 157 Å². The van der Waals surface area contributed by atoms with E-state index in [2.05, 4.69) is 10.3 Å². The van der Waals surface area contributed by atoms with Crippen molar-refractivity contribution in [3.63, 3.8) is 0 Å². The Labute approximate surface area is 196 Å². The van der Waals surface area contributed by atoms with Gasteiger partial charge in [0.05, 0.1) is 0 Å². The molecule has 0 aliphatic heterocycles. The monoisotopic (exact) mass is 474 g/mol. The molecular formula is C23H27ClN4O5. The van der Waals surface area contributed by atoms with E-state index in [0.717, 1.165) is 0 Å². The minimum absolute atomic E-state index is 0.0821. The number of nitrogens with zero attached hydrogens (tertiary/aromatic N) is 1. The standard InChI is InChI=1S/C23H27ClN4O5/c1-23(2,21(32)28-18(20(30)31)4-3-13-27-22(25)26)33-17-11-7-15(8-12-17)19(29)14-5-9-16(24)10-6-14/h5-12,18H,3-4,13H2,1-2H3,(H,28,32)(H,30,31)(H4,25,26,27). The van der Waals surface area contributed by atoms with Crippen molar-refractivity contribution in [1.29, 1.82) is 0 Å². The van der Waals surface area contributed by atoms with Crippen molar-refractivity contribution in [3.8, 4) is 5.75 Å². The van der Waals surface area contributed by atoms with Crippen LogP contribution in [0.1, 0.15) is 42.6 Å². The van der Waals surface area contributed by atoms with Gasteiger partial charge in [-0.25, -0.2) is 4.79 Å². The van der Waals surface area contributed by atoms with Crippen molar-refractivity contribution < 1.29 is 24.2 Å². The molecule has 0 heterocycles. The van der Waals surface area contributed by atoms with Gasteiger partial charge < -0.3 is 26.6 Å². The predicted octanol–water partition coefficient (Wildman–Crippen LogP) is 2.35. The first kappa shape index (κ1) is 25.7. The average molecular weight is 475 g/mol. The maximum atomic E-state index is 12.7. The highest BCUT2D eigenvalue weighted by Gasteiger charge is 2.33. The Morgan fingerprint density at radius 1 is 1.06 bits per heavy atom. The molecule has 0 spiro atoms. The van der Waals surface area contributed by atoms with Gasteiger partial charge in [0, 0.05) is 22.7 Å². The van der Waals surface area contributed by atoms with Gasteiger partial charge in [0.1, 0.15) is 11.8 Å². The van der Waals surface area contributed by atoms with E-state index in [1.165, 1.54) is 13.8 Å². The average Bonchev–Trinajstić information content (AvgIpc) is 2.75. The van der Waals surface area contributed by atoms with E-state index < -0.39 is 23.5 Å². The van der Waals surface area contributed by atoms with E-state index in [9.17, 15) is 19.5 Å². The van der Waals surface area contributed by atoms with Crippen molar-refractivity contribution in [2.45, 2.75) is 38.3 Å². The molecule has 1 amide bonds. The number of carbonyl (C=O) groups excluding carboxylic acids is 2. The van der Waals surface area contributed by atoms with Crippen molar-refractivity contribution in [3.05, 3.63) is 64.7 Å². The van der Waals surface area contributed by atoms with Crippen LogP contribution in [-0.2, 0) is 9.59 Å². The summed E-state index contributed by atoms with van der Waals surface area (Å²) >= 11 is 5.85. The zero-order valence-electron chi connectivity index (χ0n) is 18.4. The fourth-order valence-corrected chi connectivity index (χ4v) is 3.00. The van der Waals surface area contributed by atoms with Crippen LogP contribution in [0.4, 0.5) is 0 Å². The van der Waals surface area contributed by atoms with Crippen molar-refractivity contribution in [1.82, 2.24) is 5.32 Å². The first-order chi connectivity index (χ1) is 15.5. The molecule has 1 unspecified atom stereocenters. The highest BCUT2D eigenvalue weighted by molar-refractivity contribution is 6.30. The Balaban J connectivity index is 2.00. The molecule has 0 aromatic heterocycles. The zero-order chi connectivity index (χ0) is 24.6. The molecule has 0 fully saturated rings. The molecule has 9 nitrogen and oxygen atoms in total. The number of nitrogens with one attached hydrogen (secondary N) is 1. The van der Waals surface area contributed by atoms with Gasteiger partial charge in [-0.3, -0.25) is 14.6 Å². The van der Waals surface area contributed by atoms with Crippen LogP contribution >= 0.6 is 11.6 Å². The third kappa shape index (κ3) is 7.80. The fraction of sp³-hybridized carbons (Fsp3) is 0.304. The van der Waals surface area contributed by atoms with Gasteiger partial charge in [-0.1, -0.05) is 11.6 Å². The largest absolute Gasteiger partial charge is 0.480 e. The van der Waals surface area contributed by atoms with Crippen molar-refractivity contribution >= 4 is 35.2 Å². The Hall–Kier alpha value is -3.59. The number of aliphatic carboxylic acids is 1. The number of ketones is 1. The van der Waals surface area contributed by atoms with E-state index in [1.54, 1.807) is 48.5 Å². The molecule has 0 aliphatic rings. The molecule has 2 aromatic rings. The highest BCUT2D eigenvalue weighted by Crippen LogP contribution is 2.21. The van der Waals surface area contributed by atoms with Gasteiger partial charge in [0.15, 0.2) is 17.3 Å². The molecule has 0 aliphatic carbocycles. The summed E-state index contributed by atoms with van der Waals surface area (Å²) in [5.41, 5.74) is 10.1. The number of amides is 1. The SMILES string of the molecule is CC(C)(Oc1ccc(C(=O)c2ccc(Cl)cc2)cc1)C(=O)NC(CCCN=C(N)N)C(=O)O. The zero-order valence-corrected chi connectivity index (χ0v) is 19.1. The third-order valence-electron chi connectivity index (χ3n) is 4.69. The van der Waals surface area contributed by atoms with E-state index >= 15 is 0 Å². The van der Waals surface area contributed by atoms with Gasteiger partial charge >= 0.3 is 5.97 Å². The molecule has 33 heavy (non-hydrogen) atoms. The summed E-state index contributed by atoms with van der Waals surface area (Å²) in [5, 5.41) is 12.4. The van der Waals surface area contributed by atoms with Gasteiger partial charge in [0.25, 0.3) is 5.91 Å². The Morgan fingerprint density at radius 3 is 2.12 bits per heavy atom. The third-order valence-corrected chi connectivity index (χ3v) is 4.94. The van der Waals surface area contributed by atoms with E-state index in [0.29, 0.717) is 28.3 Å². The van der Waals surface area contributed by atoms with Crippen LogP contribution in [0.5, 0.6) is 5.75 Å². The molecule has 176 valence electrons. The molecule has 0 radical (unpaired) electrons. The lowest BCUT2D eigenvalue weighted by Crippen LogP contribution is -2.52. The van der Waals surface area contributed by atoms with Crippen LogP contribution < -0.4 is 21.5 Å². The first-order valence-corrected chi connectivity index (χ1v) is 10.6. The van der Waals surface area contributed by atoms with E-state index in [4.69, 9.17) is 27.8 Å². The quantitative estimate of drug-likeness (QED) is 0.168. The van der Waals surface area contributed by atoms with Crippen LogP contribution in [0.15, 0.2) is 53.5 Å². The van der Waals surface area contributed by atoms with Crippen molar-refractivity contribution in [2.24, 2.45) is 16.5 Å². The molecule has 2 rings (SSSR count). The van der Waals surface area contributed by atoms with E-state index in [-0.39, 0.29) is 24.7 Å². The number of hydrogen-bond donors (Lipinski definition) is 4. The number of halogens is 1. The number of carbonyl (C=O) groups is 3.